The highest BCUT2D eigenvalue weighted by atomic mass is 16.3. The van der Waals surface area contributed by atoms with Gasteiger partial charge in [-0.25, -0.2) is 0 Å². The van der Waals surface area contributed by atoms with E-state index in [1.807, 2.05) is 0 Å². The SMILES string of the molecule is N[CH]c1cc(O)cc(O)c1. The lowest BCUT2D eigenvalue weighted by atomic mass is 10.2. The van der Waals surface area contributed by atoms with Crippen LogP contribution in [0.15, 0.2) is 18.2 Å². The minimum absolute atomic E-state index is 0.0108. The van der Waals surface area contributed by atoms with E-state index in [-0.39, 0.29) is 11.5 Å². The monoisotopic (exact) mass is 138 g/mol. The van der Waals surface area contributed by atoms with Crippen molar-refractivity contribution in [2.45, 2.75) is 0 Å². The number of rotatable bonds is 1. The van der Waals surface area contributed by atoms with Gasteiger partial charge in [0.1, 0.15) is 11.5 Å². The molecule has 0 saturated carbocycles. The van der Waals surface area contributed by atoms with E-state index in [2.05, 4.69) is 0 Å². The molecule has 4 N–H and O–H groups in total. The normalized spacial score (nSPS) is 9.70. The lowest BCUT2D eigenvalue weighted by Gasteiger charge is -1.97. The van der Waals surface area contributed by atoms with E-state index in [0.29, 0.717) is 5.56 Å². The first-order valence-electron chi connectivity index (χ1n) is 2.80. The Morgan fingerprint density at radius 1 is 1.10 bits per heavy atom. The molecule has 0 aliphatic carbocycles. The standard InChI is InChI=1S/C7H8NO2/c8-4-5-1-6(9)3-7(10)2-5/h1-4,9-10H,8H2. The van der Waals surface area contributed by atoms with E-state index in [4.69, 9.17) is 15.9 Å². The summed E-state index contributed by atoms with van der Waals surface area (Å²) >= 11 is 0. The van der Waals surface area contributed by atoms with Crippen molar-refractivity contribution in [2.24, 2.45) is 5.73 Å². The predicted molar refractivity (Wildman–Crippen MR) is 37.4 cm³/mol. The second-order valence-electron chi connectivity index (χ2n) is 1.95. The third kappa shape index (κ3) is 1.39. The highest BCUT2D eigenvalue weighted by molar-refractivity contribution is 5.39. The molecule has 3 heteroatoms. The minimum atomic E-state index is 0.0108. The largest absolute Gasteiger partial charge is 0.508 e. The zero-order valence-electron chi connectivity index (χ0n) is 5.28. The van der Waals surface area contributed by atoms with Gasteiger partial charge in [0.25, 0.3) is 0 Å². The Bertz CT molecular complexity index is 215. The molecule has 0 unspecified atom stereocenters. The number of aromatic hydroxyl groups is 2. The fourth-order valence-electron chi connectivity index (χ4n) is 0.714. The van der Waals surface area contributed by atoms with Crippen LogP contribution in [0.2, 0.25) is 0 Å². The van der Waals surface area contributed by atoms with Gasteiger partial charge in [-0.2, -0.15) is 0 Å². The Morgan fingerprint density at radius 2 is 1.60 bits per heavy atom. The molecule has 1 rings (SSSR count). The van der Waals surface area contributed by atoms with Gasteiger partial charge in [0.05, 0.1) is 0 Å². The fraction of sp³-hybridized carbons (Fsp3) is 0. The maximum Gasteiger partial charge on any atom is 0.119 e. The molecular formula is C7H8NO2. The Hall–Kier alpha value is -1.22. The van der Waals surface area contributed by atoms with E-state index in [1.165, 1.54) is 24.7 Å². The van der Waals surface area contributed by atoms with Crippen molar-refractivity contribution in [3.8, 4) is 11.5 Å². The summed E-state index contributed by atoms with van der Waals surface area (Å²) in [6.07, 6.45) is 0. The van der Waals surface area contributed by atoms with E-state index in [9.17, 15) is 0 Å². The van der Waals surface area contributed by atoms with Crippen molar-refractivity contribution in [3.05, 3.63) is 30.3 Å². The zero-order chi connectivity index (χ0) is 7.56. The van der Waals surface area contributed by atoms with E-state index < -0.39 is 0 Å². The van der Waals surface area contributed by atoms with Gasteiger partial charge in [0, 0.05) is 12.6 Å². The molecule has 0 bridgehead atoms. The summed E-state index contributed by atoms with van der Waals surface area (Å²) in [6.45, 7) is 1.30. The Balaban J connectivity index is 3.06. The lowest BCUT2D eigenvalue weighted by Crippen LogP contribution is -1.91. The molecular weight excluding hydrogens is 130 g/mol. The van der Waals surface area contributed by atoms with Crippen molar-refractivity contribution in [2.75, 3.05) is 0 Å². The molecule has 0 aliphatic heterocycles. The van der Waals surface area contributed by atoms with Gasteiger partial charge < -0.3 is 15.9 Å². The summed E-state index contributed by atoms with van der Waals surface area (Å²) in [5, 5.41) is 17.8. The molecule has 0 saturated heterocycles. The van der Waals surface area contributed by atoms with Crippen LogP contribution in [-0.2, 0) is 0 Å². The van der Waals surface area contributed by atoms with Crippen LogP contribution in [0.25, 0.3) is 0 Å². The number of nitrogens with two attached hydrogens (primary N) is 1. The molecule has 0 fully saturated rings. The first kappa shape index (κ1) is 6.89. The van der Waals surface area contributed by atoms with Crippen molar-refractivity contribution in [3.63, 3.8) is 0 Å². The van der Waals surface area contributed by atoms with Crippen molar-refractivity contribution in [1.29, 1.82) is 0 Å². The molecule has 1 radical (unpaired) electrons. The van der Waals surface area contributed by atoms with Gasteiger partial charge in [0.2, 0.25) is 0 Å². The smallest absolute Gasteiger partial charge is 0.119 e. The van der Waals surface area contributed by atoms with Gasteiger partial charge in [-0.1, -0.05) is 0 Å². The van der Waals surface area contributed by atoms with Crippen LogP contribution in [0.1, 0.15) is 5.56 Å². The highest BCUT2D eigenvalue weighted by Gasteiger charge is 1.95. The van der Waals surface area contributed by atoms with Gasteiger partial charge in [-0.05, 0) is 17.7 Å². The third-order valence-corrected chi connectivity index (χ3v) is 1.12. The number of hydrogen-bond acceptors (Lipinski definition) is 3. The number of hydrogen-bond donors (Lipinski definition) is 3. The number of phenolic OH excluding ortho intramolecular Hbond substituents is 2. The van der Waals surface area contributed by atoms with Crippen LogP contribution in [0.5, 0.6) is 11.5 Å². The highest BCUT2D eigenvalue weighted by Crippen LogP contribution is 2.19. The third-order valence-electron chi connectivity index (χ3n) is 1.12. The quantitative estimate of drug-likeness (QED) is 0.531. The summed E-state index contributed by atoms with van der Waals surface area (Å²) in [4.78, 5) is 0. The number of phenols is 2. The second-order valence-corrected chi connectivity index (χ2v) is 1.95. The van der Waals surface area contributed by atoms with Gasteiger partial charge in [0.15, 0.2) is 0 Å². The van der Waals surface area contributed by atoms with Crippen molar-refractivity contribution < 1.29 is 10.2 Å². The summed E-state index contributed by atoms with van der Waals surface area (Å²) < 4.78 is 0. The van der Waals surface area contributed by atoms with Crippen LogP contribution in [0.3, 0.4) is 0 Å². The van der Waals surface area contributed by atoms with E-state index >= 15 is 0 Å². The van der Waals surface area contributed by atoms with Gasteiger partial charge in [-0.15, -0.1) is 0 Å². The van der Waals surface area contributed by atoms with Crippen molar-refractivity contribution >= 4 is 0 Å². The van der Waals surface area contributed by atoms with Crippen molar-refractivity contribution in [1.82, 2.24) is 0 Å². The molecule has 0 spiro atoms. The Labute approximate surface area is 58.7 Å². The molecule has 10 heavy (non-hydrogen) atoms. The summed E-state index contributed by atoms with van der Waals surface area (Å²) in [5.74, 6) is 0.0217. The molecule has 0 atom stereocenters. The number of benzene rings is 1. The summed E-state index contributed by atoms with van der Waals surface area (Å²) in [5.41, 5.74) is 5.74. The minimum Gasteiger partial charge on any atom is -0.508 e. The topological polar surface area (TPSA) is 66.5 Å². The van der Waals surface area contributed by atoms with Gasteiger partial charge >= 0.3 is 0 Å². The average Bonchev–Trinajstić information content (AvgIpc) is 1.85. The molecule has 53 valence electrons. The molecule has 1 aromatic carbocycles. The van der Waals surface area contributed by atoms with Crippen LogP contribution in [-0.4, -0.2) is 10.2 Å². The lowest BCUT2D eigenvalue weighted by molar-refractivity contribution is 0.450. The zero-order valence-corrected chi connectivity index (χ0v) is 5.28. The van der Waals surface area contributed by atoms with Crippen LogP contribution in [0.4, 0.5) is 0 Å². The Morgan fingerprint density at radius 3 is 2.00 bits per heavy atom. The van der Waals surface area contributed by atoms with E-state index in [1.54, 1.807) is 0 Å². The molecule has 3 nitrogen and oxygen atoms in total. The molecule has 1 aromatic rings. The summed E-state index contributed by atoms with van der Waals surface area (Å²) in [6, 6.07) is 4.16. The van der Waals surface area contributed by atoms with Gasteiger partial charge in [-0.3, -0.25) is 0 Å². The average molecular weight is 138 g/mol. The maximum atomic E-state index is 8.89. The predicted octanol–water partition coefficient (Wildman–Crippen LogP) is 0.566. The molecule has 0 aromatic heterocycles. The van der Waals surface area contributed by atoms with Crippen LogP contribution >= 0.6 is 0 Å². The van der Waals surface area contributed by atoms with E-state index in [0.717, 1.165) is 0 Å². The molecule has 0 amide bonds. The summed E-state index contributed by atoms with van der Waals surface area (Å²) in [7, 11) is 0. The Kier molecular flexibility index (Phi) is 1.78. The first-order chi connectivity index (χ1) is 4.72. The molecule has 0 heterocycles. The fourth-order valence-corrected chi connectivity index (χ4v) is 0.714. The second kappa shape index (κ2) is 2.58. The first-order valence-corrected chi connectivity index (χ1v) is 2.80. The van der Waals surface area contributed by atoms with Crippen LogP contribution < -0.4 is 5.73 Å². The maximum absolute atomic E-state index is 8.89. The molecule has 0 aliphatic rings. The van der Waals surface area contributed by atoms with Crippen LogP contribution in [0, 0.1) is 6.54 Å².